The summed E-state index contributed by atoms with van der Waals surface area (Å²) in [4.78, 5) is 16.7. The van der Waals surface area contributed by atoms with Crippen LogP contribution in [-0.2, 0) is 11.2 Å². The number of amides is 1. The number of carbonyl (C=O) groups is 1. The monoisotopic (exact) mass is 320 g/mol. The zero-order chi connectivity index (χ0) is 14.9. The molecule has 1 atom stereocenters. The highest BCUT2D eigenvalue weighted by molar-refractivity contribution is 7.14. The van der Waals surface area contributed by atoms with Crippen LogP contribution in [0.4, 0.5) is 0 Å². The molecule has 0 aromatic carbocycles. The highest BCUT2D eigenvalue weighted by atomic mass is 32.1. The summed E-state index contributed by atoms with van der Waals surface area (Å²) < 4.78 is 0. The van der Waals surface area contributed by atoms with Crippen molar-refractivity contribution in [2.24, 2.45) is 5.41 Å². The highest BCUT2D eigenvalue weighted by Gasteiger charge is 2.31. The minimum Gasteiger partial charge on any atom is -0.353 e. The minimum atomic E-state index is 0.0971. The summed E-state index contributed by atoms with van der Waals surface area (Å²) >= 11 is 3.27. The number of rotatable bonds is 4. The predicted octanol–water partition coefficient (Wildman–Crippen LogP) is 4.11. The third-order valence-corrected chi connectivity index (χ3v) is 5.62. The number of aromatic nitrogens is 1. The van der Waals surface area contributed by atoms with Crippen LogP contribution in [0.5, 0.6) is 0 Å². The first-order valence-electron chi connectivity index (χ1n) is 7.28. The second-order valence-corrected chi connectivity index (χ2v) is 8.14. The number of carbonyl (C=O) groups excluding carboxylic acids is 1. The molecule has 2 heterocycles. The van der Waals surface area contributed by atoms with Gasteiger partial charge in [-0.25, -0.2) is 4.98 Å². The van der Waals surface area contributed by atoms with E-state index in [1.807, 2.05) is 10.8 Å². The Hall–Kier alpha value is -1.20. The summed E-state index contributed by atoms with van der Waals surface area (Å²) in [6.45, 7) is 4.54. The van der Waals surface area contributed by atoms with Gasteiger partial charge in [0.25, 0.3) is 0 Å². The molecule has 3 nitrogen and oxygen atoms in total. The van der Waals surface area contributed by atoms with Crippen molar-refractivity contribution < 1.29 is 4.79 Å². The van der Waals surface area contributed by atoms with Gasteiger partial charge >= 0.3 is 0 Å². The molecule has 3 rings (SSSR count). The molecule has 1 aliphatic carbocycles. The van der Waals surface area contributed by atoms with Crippen LogP contribution >= 0.6 is 22.7 Å². The maximum absolute atomic E-state index is 12.1. The van der Waals surface area contributed by atoms with Crippen LogP contribution in [0.15, 0.2) is 22.2 Å². The normalized spacial score (nSPS) is 20.6. The molecule has 112 valence electrons. The zero-order valence-electron chi connectivity index (χ0n) is 12.4. The highest BCUT2D eigenvalue weighted by Crippen LogP contribution is 2.36. The van der Waals surface area contributed by atoms with Gasteiger partial charge in [0.05, 0.1) is 12.1 Å². The van der Waals surface area contributed by atoms with E-state index in [2.05, 4.69) is 35.6 Å². The third kappa shape index (κ3) is 3.71. The van der Waals surface area contributed by atoms with Gasteiger partial charge in [-0.15, -0.1) is 11.3 Å². The Bertz CT molecular complexity index is 616. The van der Waals surface area contributed by atoms with Crippen LogP contribution < -0.4 is 5.32 Å². The van der Waals surface area contributed by atoms with Crippen LogP contribution in [0.25, 0.3) is 10.6 Å². The summed E-state index contributed by atoms with van der Waals surface area (Å²) in [5.74, 6) is 0.0971. The van der Waals surface area contributed by atoms with Gasteiger partial charge in [-0.1, -0.05) is 13.8 Å². The molecule has 0 aliphatic heterocycles. The first kappa shape index (κ1) is 14.7. The summed E-state index contributed by atoms with van der Waals surface area (Å²) in [5, 5.41) is 10.3. The SMILES string of the molecule is CC1(C)CCC(NC(=O)Cc2csc(-c3ccsc3)n2)C1. The maximum atomic E-state index is 12.1. The second kappa shape index (κ2) is 5.89. The second-order valence-electron chi connectivity index (χ2n) is 6.50. The molecule has 2 aromatic rings. The Morgan fingerprint density at radius 3 is 3.00 bits per heavy atom. The Balaban J connectivity index is 1.56. The average Bonchev–Trinajstić information content (AvgIpc) is 3.09. The van der Waals surface area contributed by atoms with Crippen molar-refractivity contribution in [1.82, 2.24) is 10.3 Å². The topological polar surface area (TPSA) is 42.0 Å². The molecule has 0 radical (unpaired) electrons. The van der Waals surface area contributed by atoms with Crippen molar-refractivity contribution >= 4 is 28.6 Å². The number of hydrogen-bond donors (Lipinski definition) is 1. The minimum absolute atomic E-state index is 0.0971. The fourth-order valence-corrected chi connectivity index (χ4v) is 4.44. The van der Waals surface area contributed by atoms with E-state index < -0.39 is 0 Å². The molecule has 0 saturated heterocycles. The van der Waals surface area contributed by atoms with Crippen LogP contribution in [0.3, 0.4) is 0 Å². The number of nitrogens with one attached hydrogen (secondary N) is 1. The summed E-state index contributed by atoms with van der Waals surface area (Å²) in [6.07, 6.45) is 3.75. The standard InChI is InChI=1S/C16H20N2OS2/c1-16(2)5-3-12(8-16)17-14(19)7-13-10-21-15(18-13)11-4-6-20-9-11/h4,6,9-10,12H,3,5,7-8H2,1-2H3,(H,17,19). The van der Waals surface area contributed by atoms with Gasteiger partial charge in [0.15, 0.2) is 0 Å². The van der Waals surface area contributed by atoms with Gasteiger partial charge in [0.1, 0.15) is 5.01 Å². The van der Waals surface area contributed by atoms with Crippen molar-refractivity contribution in [2.45, 2.75) is 45.6 Å². The molecule has 21 heavy (non-hydrogen) atoms. The molecule has 1 N–H and O–H groups in total. The molecule has 1 saturated carbocycles. The van der Waals surface area contributed by atoms with Crippen molar-refractivity contribution in [3.8, 4) is 10.6 Å². The van der Waals surface area contributed by atoms with E-state index >= 15 is 0 Å². The lowest BCUT2D eigenvalue weighted by Crippen LogP contribution is -2.34. The number of thiophene rings is 1. The molecular formula is C16H20N2OS2. The van der Waals surface area contributed by atoms with E-state index in [1.165, 1.54) is 6.42 Å². The first-order chi connectivity index (χ1) is 10.0. The summed E-state index contributed by atoms with van der Waals surface area (Å²) in [7, 11) is 0. The van der Waals surface area contributed by atoms with Crippen LogP contribution in [0.2, 0.25) is 0 Å². The Morgan fingerprint density at radius 2 is 2.33 bits per heavy atom. The Labute approximate surface area is 133 Å². The lowest BCUT2D eigenvalue weighted by atomic mass is 9.92. The Morgan fingerprint density at radius 1 is 1.48 bits per heavy atom. The third-order valence-electron chi connectivity index (χ3n) is 4.00. The molecule has 1 aliphatic rings. The van der Waals surface area contributed by atoms with Gasteiger partial charge in [0.2, 0.25) is 5.91 Å². The van der Waals surface area contributed by atoms with Crippen molar-refractivity contribution in [3.63, 3.8) is 0 Å². The quantitative estimate of drug-likeness (QED) is 0.921. The number of thiazole rings is 1. The van der Waals surface area contributed by atoms with Crippen LogP contribution in [0, 0.1) is 5.41 Å². The van der Waals surface area contributed by atoms with Crippen molar-refractivity contribution in [2.75, 3.05) is 0 Å². The van der Waals surface area contributed by atoms with E-state index in [-0.39, 0.29) is 5.91 Å². The molecule has 0 spiro atoms. The smallest absolute Gasteiger partial charge is 0.226 e. The van der Waals surface area contributed by atoms with Gasteiger partial charge in [-0.05, 0) is 36.1 Å². The molecule has 1 unspecified atom stereocenters. The maximum Gasteiger partial charge on any atom is 0.226 e. The van der Waals surface area contributed by atoms with Gasteiger partial charge < -0.3 is 5.32 Å². The number of nitrogens with zero attached hydrogens (tertiary/aromatic N) is 1. The molecule has 2 aromatic heterocycles. The largest absolute Gasteiger partial charge is 0.353 e. The van der Waals surface area contributed by atoms with E-state index in [0.29, 0.717) is 17.9 Å². The fourth-order valence-electron chi connectivity index (χ4n) is 2.91. The van der Waals surface area contributed by atoms with Crippen molar-refractivity contribution in [1.29, 1.82) is 0 Å². The van der Waals surface area contributed by atoms with Gasteiger partial charge in [0, 0.05) is 22.4 Å². The first-order valence-corrected chi connectivity index (χ1v) is 9.10. The predicted molar refractivity (Wildman–Crippen MR) is 88.7 cm³/mol. The van der Waals surface area contributed by atoms with Gasteiger partial charge in [-0.2, -0.15) is 11.3 Å². The van der Waals surface area contributed by atoms with Crippen molar-refractivity contribution in [3.05, 3.63) is 27.9 Å². The molecular weight excluding hydrogens is 300 g/mol. The zero-order valence-corrected chi connectivity index (χ0v) is 14.0. The van der Waals surface area contributed by atoms with E-state index in [4.69, 9.17) is 0 Å². The molecule has 1 fully saturated rings. The van der Waals surface area contributed by atoms with E-state index in [9.17, 15) is 4.79 Å². The summed E-state index contributed by atoms with van der Waals surface area (Å²) in [5.41, 5.74) is 2.38. The van der Waals surface area contributed by atoms with Gasteiger partial charge in [-0.3, -0.25) is 4.79 Å². The van der Waals surface area contributed by atoms with E-state index in [0.717, 1.165) is 29.1 Å². The molecule has 0 bridgehead atoms. The average molecular weight is 320 g/mol. The van der Waals surface area contributed by atoms with E-state index in [1.54, 1.807) is 22.7 Å². The fraction of sp³-hybridized carbons (Fsp3) is 0.500. The number of hydrogen-bond acceptors (Lipinski definition) is 4. The summed E-state index contributed by atoms with van der Waals surface area (Å²) in [6, 6.07) is 2.40. The molecule has 1 amide bonds. The lowest BCUT2D eigenvalue weighted by Gasteiger charge is -2.17. The lowest BCUT2D eigenvalue weighted by molar-refractivity contribution is -0.121. The van der Waals surface area contributed by atoms with Crippen LogP contribution in [0.1, 0.15) is 38.8 Å². The van der Waals surface area contributed by atoms with Crippen LogP contribution in [-0.4, -0.2) is 16.9 Å². The Kier molecular flexibility index (Phi) is 4.13. The molecule has 5 heteroatoms.